The highest BCUT2D eigenvalue weighted by atomic mass is 32.1. The minimum atomic E-state index is -0.0166. The van der Waals surface area contributed by atoms with Gasteiger partial charge in [0.05, 0.1) is 23.3 Å². The van der Waals surface area contributed by atoms with Gasteiger partial charge in [-0.3, -0.25) is 9.78 Å². The molecule has 0 saturated heterocycles. The molecule has 0 unspecified atom stereocenters. The first kappa shape index (κ1) is 19.2. The van der Waals surface area contributed by atoms with Gasteiger partial charge in [0.15, 0.2) is 0 Å². The molecule has 0 aliphatic heterocycles. The van der Waals surface area contributed by atoms with E-state index >= 15 is 0 Å². The van der Waals surface area contributed by atoms with E-state index < -0.39 is 0 Å². The fourth-order valence-electron chi connectivity index (χ4n) is 3.74. The lowest BCUT2D eigenvalue weighted by Gasteiger charge is -2.23. The van der Waals surface area contributed by atoms with Crippen molar-refractivity contribution in [1.29, 1.82) is 0 Å². The molecule has 0 N–H and O–H groups in total. The van der Waals surface area contributed by atoms with Gasteiger partial charge >= 0.3 is 0 Å². The summed E-state index contributed by atoms with van der Waals surface area (Å²) in [6.45, 7) is 0.462. The number of rotatable bonds is 5. The van der Waals surface area contributed by atoms with Crippen molar-refractivity contribution in [1.82, 2.24) is 4.98 Å². The maximum atomic E-state index is 13.7. The van der Waals surface area contributed by atoms with Gasteiger partial charge in [-0.1, -0.05) is 72.8 Å². The normalized spacial score (nSPS) is 10.8. The topological polar surface area (TPSA) is 33.2 Å². The summed E-state index contributed by atoms with van der Waals surface area (Å²) in [6.07, 6.45) is 3.47. The van der Waals surface area contributed by atoms with E-state index in [9.17, 15) is 4.79 Å². The molecule has 3 nitrogen and oxygen atoms in total. The quantitative estimate of drug-likeness (QED) is 0.313. The molecule has 0 fully saturated rings. The maximum absolute atomic E-state index is 13.7. The lowest BCUT2D eigenvalue weighted by molar-refractivity contribution is 0.0989. The molecular formula is C27H20N2OS. The molecule has 0 saturated carbocycles. The van der Waals surface area contributed by atoms with E-state index in [4.69, 9.17) is 0 Å². The van der Waals surface area contributed by atoms with Gasteiger partial charge in [-0.2, -0.15) is 0 Å². The zero-order chi connectivity index (χ0) is 21.0. The summed E-state index contributed by atoms with van der Waals surface area (Å²) in [6, 6.07) is 32.4. The zero-order valence-corrected chi connectivity index (χ0v) is 17.6. The van der Waals surface area contributed by atoms with Crippen LogP contribution in [-0.4, -0.2) is 10.9 Å². The van der Waals surface area contributed by atoms with Crippen LogP contribution in [0.4, 0.5) is 5.69 Å². The summed E-state index contributed by atoms with van der Waals surface area (Å²) in [5.74, 6) is -0.0166. The Morgan fingerprint density at radius 2 is 1.61 bits per heavy atom. The second-order valence-corrected chi connectivity index (χ2v) is 8.36. The zero-order valence-electron chi connectivity index (χ0n) is 16.8. The van der Waals surface area contributed by atoms with Crippen LogP contribution in [0.5, 0.6) is 0 Å². The number of anilines is 1. The Hall–Kier alpha value is -3.76. The summed E-state index contributed by atoms with van der Waals surface area (Å²) in [7, 11) is 0. The summed E-state index contributed by atoms with van der Waals surface area (Å²) in [5, 5.41) is 1.09. The number of pyridine rings is 1. The average molecular weight is 421 g/mol. The van der Waals surface area contributed by atoms with Crippen molar-refractivity contribution in [2.75, 3.05) is 4.90 Å². The van der Waals surface area contributed by atoms with Crippen molar-refractivity contribution in [3.8, 4) is 11.1 Å². The molecular weight excluding hydrogens is 400 g/mol. The third kappa shape index (κ3) is 3.98. The van der Waals surface area contributed by atoms with Gasteiger partial charge in [0.2, 0.25) is 0 Å². The predicted molar refractivity (Wildman–Crippen MR) is 128 cm³/mol. The first-order valence-corrected chi connectivity index (χ1v) is 10.9. The maximum Gasteiger partial charge on any atom is 0.268 e. The minimum Gasteiger partial charge on any atom is -0.302 e. The molecule has 0 bridgehead atoms. The van der Waals surface area contributed by atoms with Crippen LogP contribution in [-0.2, 0) is 6.54 Å². The lowest BCUT2D eigenvalue weighted by atomic mass is 9.99. The van der Waals surface area contributed by atoms with Crippen molar-refractivity contribution in [3.05, 3.63) is 120 Å². The number of nitrogens with zero attached hydrogens (tertiary/aromatic N) is 2. The van der Waals surface area contributed by atoms with E-state index in [1.807, 2.05) is 71.6 Å². The van der Waals surface area contributed by atoms with E-state index in [1.54, 1.807) is 12.4 Å². The molecule has 0 radical (unpaired) electrons. The number of benzene rings is 3. The van der Waals surface area contributed by atoms with Crippen molar-refractivity contribution in [2.24, 2.45) is 0 Å². The lowest BCUT2D eigenvalue weighted by Crippen LogP contribution is -2.30. The molecule has 0 atom stereocenters. The molecule has 2 heterocycles. The van der Waals surface area contributed by atoms with Crippen LogP contribution in [0.2, 0.25) is 0 Å². The van der Waals surface area contributed by atoms with Crippen molar-refractivity contribution in [2.45, 2.75) is 6.54 Å². The van der Waals surface area contributed by atoms with Gasteiger partial charge in [0, 0.05) is 10.9 Å². The van der Waals surface area contributed by atoms with Crippen LogP contribution < -0.4 is 4.90 Å². The van der Waals surface area contributed by atoms with E-state index in [1.165, 1.54) is 11.3 Å². The van der Waals surface area contributed by atoms with E-state index in [-0.39, 0.29) is 5.91 Å². The number of fused-ring (bicyclic) bond motifs is 1. The number of hydrogen-bond donors (Lipinski definition) is 0. The Kier molecular flexibility index (Phi) is 5.29. The van der Waals surface area contributed by atoms with Crippen molar-refractivity contribution >= 4 is 33.0 Å². The Labute approximate surface area is 185 Å². The van der Waals surface area contributed by atoms with Crippen LogP contribution in [0.15, 0.2) is 109 Å². The SMILES string of the molecule is O=C(c1cc2ccccc2s1)N(Cc1ccccc1-c1ccccc1)c1cccnc1. The smallest absolute Gasteiger partial charge is 0.268 e. The molecule has 0 spiro atoms. The molecule has 5 aromatic rings. The van der Waals surface area contributed by atoms with Crippen LogP contribution in [0.3, 0.4) is 0 Å². The fraction of sp³-hybridized carbons (Fsp3) is 0.0370. The summed E-state index contributed by atoms with van der Waals surface area (Å²) in [5.41, 5.74) is 4.14. The van der Waals surface area contributed by atoms with Crippen LogP contribution in [0.25, 0.3) is 21.2 Å². The highest BCUT2D eigenvalue weighted by Gasteiger charge is 2.21. The first-order valence-electron chi connectivity index (χ1n) is 10.1. The Morgan fingerprint density at radius 1 is 0.839 bits per heavy atom. The molecule has 3 aromatic carbocycles. The molecule has 31 heavy (non-hydrogen) atoms. The minimum absolute atomic E-state index is 0.0166. The molecule has 2 aromatic heterocycles. The number of carbonyl (C=O) groups is 1. The van der Waals surface area contributed by atoms with Crippen molar-refractivity contribution in [3.63, 3.8) is 0 Å². The number of hydrogen-bond acceptors (Lipinski definition) is 3. The Morgan fingerprint density at radius 3 is 2.42 bits per heavy atom. The van der Waals surface area contributed by atoms with Crippen LogP contribution in [0, 0.1) is 0 Å². The molecule has 5 rings (SSSR count). The second kappa shape index (κ2) is 8.54. The molecule has 0 aliphatic carbocycles. The molecule has 0 aliphatic rings. The van der Waals surface area contributed by atoms with E-state index in [0.717, 1.165) is 37.3 Å². The third-order valence-electron chi connectivity index (χ3n) is 5.27. The van der Waals surface area contributed by atoms with Crippen LogP contribution in [0.1, 0.15) is 15.2 Å². The summed E-state index contributed by atoms with van der Waals surface area (Å²) >= 11 is 1.53. The monoisotopic (exact) mass is 420 g/mol. The summed E-state index contributed by atoms with van der Waals surface area (Å²) < 4.78 is 1.11. The predicted octanol–water partition coefficient (Wildman–Crippen LogP) is 6.81. The fourth-order valence-corrected chi connectivity index (χ4v) is 4.75. The Bertz CT molecular complexity index is 1300. The van der Waals surface area contributed by atoms with Crippen LogP contribution >= 0.6 is 11.3 Å². The van der Waals surface area contributed by atoms with E-state index in [0.29, 0.717) is 6.54 Å². The number of amides is 1. The molecule has 4 heteroatoms. The standard InChI is InChI=1S/C27H20N2OS/c30-27(26-17-21-11-5-7-15-25(21)31-26)29(23-13-8-16-28-18-23)19-22-12-4-6-14-24(22)20-9-2-1-3-10-20/h1-18H,19H2. The highest BCUT2D eigenvalue weighted by molar-refractivity contribution is 7.20. The van der Waals surface area contributed by atoms with E-state index in [2.05, 4.69) is 35.3 Å². The molecule has 1 amide bonds. The van der Waals surface area contributed by atoms with Gasteiger partial charge in [0.25, 0.3) is 5.91 Å². The van der Waals surface area contributed by atoms with Gasteiger partial charge in [-0.05, 0) is 46.3 Å². The number of aromatic nitrogens is 1. The van der Waals surface area contributed by atoms with Gasteiger partial charge in [-0.15, -0.1) is 11.3 Å². The summed E-state index contributed by atoms with van der Waals surface area (Å²) in [4.78, 5) is 20.5. The number of thiophene rings is 1. The first-order chi connectivity index (χ1) is 15.3. The molecule has 150 valence electrons. The third-order valence-corrected chi connectivity index (χ3v) is 6.37. The second-order valence-electron chi connectivity index (χ2n) is 7.27. The number of carbonyl (C=O) groups excluding carboxylic acids is 1. The van der Waals surface area contributed by atoms with Crippen molar-refractivity contribution < 1.29 is 4.79 Å². The average Bonchev–Trinajstić information content (AvgIpc) is 3.28. The van der Waals surface area contributed by atoms with Gasteiger partial charge in [-0.25, -0.2) is 0 Å². The Balaban J connectivity index is 1.56. The largest absolute Gasteiger partial charge is 0.302 e. The van der Waals surface area contributed by atoms with Gasteiger partial charge in [0.1, 0.15) is 0 Å². The van der Waals surface area contributed by atoms with Gasteiger partial charge < -0.3 is 4.90 Å². The highest BCUT2D eigenvalue weighted by Crippen LogP contribution is 2.30.